The van der Waals surface area contributed by atoms with Gasteiger partial charge in [-0.05, 0) is 41.0 Å². The van der Waals surface area contributed by atoms with Crippen molar-refractivity contribution in [2.24, 2.45) is 0 Å². The van der Waals surface area contributed by atoms with Gasteiger partial charge in [-0.3, -0.25) is 14.4 Å². The molecule has 0 heterocycles. The molecule has 216 valence electrons. The Hall–Kier alpha value is -2.13. The van der Waals surface area contributed by atoms with Gasteiger partial charge in [-0.25, -0.2) is 4.79 Å². The van der Waals surface area contributed by atoms with Gasteiger partial charge in [0.15, 0.2) is 0 Å². The van der Waals surface area contributed by atoms with Crippen LogP contribution in [0.15, 0.2) is 0 Å². The SMILES string of the molecule is CCNC(=O)SC[C@H](NC(=O)[C@@H](C)NC(=O)OC(C)(C)C)C(=O)NCCCOCCOCCOCCO. The van der Waals surface area contributed by atoms with E-state index in [1.54, 1.807) is 27.7 Å². The molecule has 4 amide bonds. The number of nitrogens with one attached hydrogen (secondary N) is 4. The van der Waals surface area contributed by atoms with Crippen LogP contribution >= 0.6 is 11.8 Å². The number of alkyl carbamates (subject to hydrolysis) is 1. The molecule has 5 N–H and O–H groups in total. The third-order valence-corrected chi connectivity index (χ3v) is 5.11. The lowest BCUT2D eigenvalue weighted by Gasteiger charge is -2.23. The van der Waals surface area contributed by atoms with Crippen molar-refractivity contribution in [1.29, 1.82) is 0 Å². The minimum Gasteiger partial charge on any atom is -0.444 e. The van der Waals surface area contributed by atoms with E-state index < -0.39 is 35.6 Å². The van der Waals surface area contributed by atoms with Crippen LogP contribution in [-0.2, 0) is 28.5 Å². The molecule has 13 nitrogen and oxygen atoms in total. The van der Waals surface area contributed by atoms with Gasteiger partial charge >= 0.3 is 6.09 Å². The predicted octanol–water partition coefficient (Wildman–Crippen LogP) is 0.396. The van der Waals surface area contributed by atoms with Gasteiger partial charge in [0.2, 0.25) is 11.8 Å². The molecule has 0 aliphatic rings. The van der Waals surface area contributed by atoms with Crippen LogP contribution in [-0.4, -0.2) is 111 Å². The lowest BCUT2D eigenvalue weighted by Crippen LogP contribution is -2.54. The monoisotopic (exact) mass is 552 g/mol. The first kappa shape index (κ1) is 34.9. The van der Waals surface area contributed by atoms with Crippen LogP contribution in [0.3, 0.4) is 0 Å². The highest BCUT2D eigenvalue weighted by molar-refractivity contribution is 8.13. The molecule has 2 atom stereocenters. The second-order valence-electron chi connectivity index (χ2n) is 8.76. The van der Waals surface area contributed by atoms with Gasteiger partial charge in [-0.1, -0.05) is 11.8 Å². The summed E-state index contributed by atoms with van der Waals surface area (Å²) >= 11 is 0.876. The molecule has 0 aliphatic carbocycles. The normalized spacial score (nSPS) is 12.8. The zero-order valence-corrected chi connectivity index (χ0v) is 23.4. The van der Waals surface area contributed by atoms with Crippen molar-refractivity contribution in [1.82, 2.24) is 21.3 Å². The van der Waals surface area contributed by atoms with Gasteiger partial charge in [-0.2, -0.15) is 0 Å². The summed E-state index contributed by atoms with van der Waals surface area (Å²) in [7, 11) is 0. The van der Waals surface area contributed by atoms with Gasteiger partial charge in [0.1, 0.15) is 17.7 Å². The first-order chi connectivity index (χ1) is 17.5. The van der Waals surface area contributed by atoms with Crippen LogP contribution in [0.1, 0.15) is 41.0 Å². The van der Waals surface area contributed by atoms with Crippen molar-refractivity contribution >= 4 is 34.9 Å². The number of aliphatic hydroxyl groups excluding tert-OH is 1. The van der Waals surface area contributed by atoms with Crippen LogP contribution in [0.25, 0.3) is 0 Å². The number of thioether (sulfide) groups is 1. The number of carbonyl (C=O) groups is 4. The van der Waals surface area contributed by atoms with E-state index in [0.29, 0.717) is 52.5 Å². The van der Waals surface area contributed by atoms with Crippen molar-refractivity contribution < 1.29 is 43.2 Å². The Morgan fingerprint density at radius 3 is 2.03 bits per heavy atom. The van der Waals surface area contributed by atoms with Gasteiger partial charge in [0, 0.05) is 25.4 Å². The molecular formula is C23H44N4O9S. The largest absolute Gasteiger partial charge is 0.444 e. The number of amides is 4. The number of rotatable bonds is 19. The van der Waals surface area contributed by atoms with E-state index in [1.807, 2.05) is 0 Å². The van der Waals surface area contributed by atoms with Crippen molar-refractivity contribution in [3.8, 4) is 0 Å². The van der Waals surface area contributed by atoms with Crippen molar-refractivity contribution in [3.05, 3.63) is 0 Å². The summed E-state index contributed by atoms with van der Waals surface area (Å²) in [4.78, 5) is 49.0. The molecule has 0 aliphatic heterocycles. The Morgan fingerprint density at radius 1 is 0.865 bits per heavy atom. The standard InChI is InChI=1S/C23H44N4O9S/c1-6-24-22(32)37-16-18(27-19(29)17(2)26-21(31)36-23(3,4)5)20(30)25-8-7-10-33-12-14-35-15-13-34-11-9-28/h17-18,28H,6-16H2,1-5H3,(H,24,32)(H,25,30)(H,26,31)(H,27,29)/t17-,18+/m1/s1. The van der Waals surface area contributed by atoms with E-state index in [1.165, 1.54) is 6.92 Å². The Morgan fingerprint density at radius 2 is 1.46 bits per heavy atom. The Bertz CT molecular complexity index is 677. The van der Waals surface area contributed by atoms with Crippen molar-refractivity contribution in [2.75, 3.05) is 65.1 Å². The highest BCUT2D eigenvalue weighted by Gasteiger charge is 2.26. The summed E-state index contributed by atoms with van der Waals surface area (Å²) in [5, 5.41) is 18.6. The maximum atomic E-state index is 12.7. The number of hydrogen-bond acceptors (Lipinski definition) is 10. The quantitative estimate of drug-likeness (QED) is 0.141. The zero-order valence-electron chi connectivity index (χ0n) is 22.6. The summed E-state index contributed by atoms with van der Waals surface area (Å²) in [6, 6.07) is -1.96. The van der Waals surface area contributed by atoms with E-state index in [2.05, 4.69) is 21.3 Å². The third-order valence-electron chi connectivity index (χ3n) is 4.21. The third kappa shape index (κ3) is 20.6. The molecule has 0 saturated carbocycles. The van der Waals surface area contributed by atoms with Crippen LogP contribution in [0.4, 0.5) is 9.59 Å². The molecule has 37 heavy (non-hydrogen) atoms. The number of carbonyl (C=O) groups excluding carboxylic acids is 4. The fourth-order valence-electron chi connectivity index (χ4n) is 2.50. The fourth-order valence-corrected chi connectivity index (χ4v) is 3.30. The average molecular weight is 553 g/mol. The average Bonchev–Trinajstić information content (AvgIpc) is 2.80. The highest BCUT2D eigenvalue weighted by Crippen LogP contribution is 2.08. The smallest absolute Gasteiger partial charge is 0.408 e. The molecule has 0 bridgehead atoms. The Balaban J connectivity index is 4.49. The van der Waals surface area contributed by atoms with Gasteiger partial charge in [0.25, 0.3) is 5.24 Å². The van der Waals surface area contributed by atoms with E-state index in [-0.39, 0.29) is 24.2 Å². The predicted molar refractivity (Wildman–Crippen MR) is 139 cm³/mol. The summed E-state index contributed by atoms with van der Waals surface area (Å²) < 4.78 is 21.0. The number of hydrogen-bond donors (Lipinski definition) is 5. The van der Waals surface area contributed by atoms with Crippen molar-refractivity contribution in [3.63, 3.8) is 0 Å². The van der Waals surface area contributed by atoms with Crippen LogP contribution in [0.2, 0.25) is 0 Å². The van der Waals surface area contributed by atoms with E-state index in [4.69, 9.17) is 24.1 Å². The van der Waals surface area contributed by atoms with E-state index in [9.17, 15) is 19.2 Å². The second-order valence-corrected chi connectivity index (χ2v) is 9.76. The lowest BCUT2D eigenvalue weighted by atomic mass is 10.2. The van der Waals surface area contributed by atoms with E-state index >= 15 is 0 Å². The van der Waals surface area contributed by atoms with Crippen molar-refractivity contribution in [2.45, 2.75) is 58.7 Å². The summed E-state index contributed by atoms with van der Waals surface area (Å²) in [6.45, 7) is 11.3. The molecule has 0 unspecified atom stereocenters. The fraction of sp³-hybridized carbons (Fsp3) is 0.826. The Labute approximate surface area is 223 Å². The van der Waals surface area contributed by atoms with Gasteiger partial charge < -0.3 is 45.3 Å². The molecule has 14 heteroatoms. The van der Waals surface area contributed by atoms with E-state index in [0.717, 1.165) is 11.8 Å². The molecule has 0 aromatic heterocycles. The summed E-state index contributed by atoms with van der Waals surface area (Å²) in [5.41, 5.74) is -0.724. The molecule has 0 spiro atoms. The first-order valence-corrected chi connectivity index (χ1v) is 13.3. The molecule has 0 radical (unpaired) electrons. The molecule has 0 saturated heterocycles. The lowest BCUT2D eigenvalue weighted by molar-refractivity contribution is -0.129. The molecule has 0 aromatic carbocycles. The number of ether oxygens (including phenoxy) is 4. The maximum absolute atomic E-state index is 12.7. The molecular weight excluding hydrogens is 508 g/mol. The van der Waals surface area contributed by atoms with Gasteiger partial charge in [-0.15, -0.1) is 0 Å². The summed E-state index contributed by atoms with van der Waals surface area (Å²) in [6.07, 6.45) is -0.222. The van der Waals surface area contributed by atoms with Crippen LogP contribution in [0, 0.1) is 0 Å². The molecule has 0 fully saturated rings. The van der Waals surface area contributed by atoms with Crippen LogP contribution in [0.5, 0.6) is 0 Å². The second kappa shape index (κ2) is 20.9. The minimum atomic E-state index is -0.995. The maximum Gasteiger partial charge on any atom is 0.408 e. The van der Waals surface area contributed by atoms with Gasteiger partial charge in [0.05, 0.1) is 39.6 Å². The molecule has 0 aromatic rings. The first-order valence-electron chi connectivity index (χ1n) is 12.3. The number of aliphatic hydroxyl groups is 1. The minimum absolute atomic E-state index is 0.0123. The Kier molecular flexibility index (Phi) is 19.7. The highest BCUT2D eigenvalue weighted by atomic mass is 32.2. The topological polar surface area (TPSA) is 174 Å². The van der Waals surface area contributed by atoms with Crippen LogP contribution < -0.4 is 21.3 Å². The molecule has 0 rings (SSSR count). The summed E-state index contributed by atoms with van der Waals surface area (Å²) in [5.74, 6) is -1.04. The zero-order chi connectivity index (χ0) is 28.1.